The van der Waals surface area contributed by atoms with Crippen molar-refractivity contribution < 1.29 is 9.53 Å². The monoisotopic (exact) mass is 347 g/mol. The number of rotatable bonds is 5. The molecule has 0 spiro atoms. The van der Waals surface area contributed by atoms with Gasteiger partial charge in [0.15, 0.2) is 0 Å². The number of carbonyl (C=O) groups is 1. The molecule has 24 heavy (non-hydrogen) atoms. The molecule has 0 fully saturated rings. The number of ether oxygens (including phenoxy) is 1. The van der Waals surface area contributed by atoms with E-state index in [2.05, 4.69) is 31.1 Å². The fraction of sp³-hybridized carbons (Fsp3) is 0.444. The van der Waals surface area contributed by atoms with E-state index >= 15 is 0 Å². The molecule has 2 aromatic rings. The smallest absolute Gasteiger partial charge is 0.317 e. The summed E-state index contributed by atoms with van der Waals surface area (Å²) in [6.07, 6.45) is 0. The third-order valence-corrected chi connectivity index (χ3v) is 4.86. The van der Waals surface area contributed by atoms with Crippen molar-refractivity contribution in [2.45, 2.75) is 39.3 Å². The van der Waals surface area contributed by atoms with Gasteiger partial charge in [-0.2, -0.15) is 0 Å². The molecule has 0 aliphatic carbocycles. The summed E-state index contributed by atoms with van der Waals surface area (Å²) in [5, 5.41) is 6.00. The van der Waals surface area contributed by atoms with Gasteiger partial charge in [0, 0.05) is 24.4 Å². The topological polar surface area (TPSA) is 54.5 Å². The Balaban J connectivity index is 1.86. The van der Waals surface area contributed by atoms with Crippen LogP contribution in [0.1, 0.15) is 37.0 Å². The van der Waals surface area contributed by atoms with Crippen LogP contribution in [0.3, 0.4) is 0 Å². The maximum atomic E-state index is 12.2. The van der Waals surface area contributed by atoms with Crippen LogP contribution in [0.25, 0.3) is 0 Å². The van der Waals surface area contributed by atoms with E-state index in [4.69, 9.17) is 4.74 Å². The van der Waals surface area contributed by atoms with Gasteiger partial charge in [-0.3, -0.25) is 0 Å². The van der Waals surface area contributed by atoms with E-state index in [0.717, 1.165) is 22.0 Å². The molecule has 0 saturated carbocycles. The average molecular weight is 347 g/mol. The lowest BCUT2D eigenvalue weighted by Gasteiger charge is -2.18. The van der Waals surface area contributed by atoms with Gasteiger partial charge in [-0.05, 0) is 17.7 Å². The first-order valence-electron chi connectivity index (χ1n) is 7.86. The second kappa shape index (κ2) is 7.66. The van der Waals surface area contributed by atoms with Gasteiger partial charge in [0.05, 0.1) is 24.4 Å². The fourth-order valence-corrected chi connectivity index (χ4v) is 3.02. The number of aromatic nitrogens is 1. The molecule has 0 saturated heterocycles. The summed E-state index contributed by atoms with van der Waals surface area (Å²) < 4.78 is 5.14. The molecule has 6 heteroatoms. The third-order valence-electron chi connectivity index (χ3n) is 3.54. The maximum Gasteiger partial charge on any atom is 0.317 e. The fourth-order valence-electron chi connectivity index (χ4n) is 2.11. The summed E-state index contributed by atoms with van der Waals surface area (Å²) in [7, 11) is 3.42. The molecule has 0 radical (unpaired) electrons. The minimum absolute atomic E-state index is 0.0398. The largest absolute Gasteiger partial charge is 0.497 e. The predicted octanol–water partition coefficient (Wildman–Crippen LogP) is 3.79. The number of thiazole rings is 1. The Bertz CT molecular complexity index is 674. The SMILES string of the molecule is COc1ccc(CN(C)C(=O)NCc2csc(C(C)(C)C)n2)cc1. The van der Waals surface area contributed by atoms with Crippen molar-refractivity contribution in [3.8, 4) is 5.75 Å². The Morgan fingerprint density at radius 2 is 1.96 bits per heavy atom. The molecule has 1 aromatic heterocycles. The molecule has 0 bridgehead atoms. The molecule has 2 rings (SSSR count). The molecule has 1 heterocycles. The van der Waals surface area contributed by atoms with Gasteiger partial charge in [0.2, 0.25) is 0 Å². The molecule has 130 valence electrons. The van der Waals surface area contributed by atoms with E-state index in [9.17, 15) is 4.79 Å². The standard InChI is InChI=1S/C18H25N3O2S/c1-18(2,3)16-20-14(12-24-16)10-19-17(22)21(4)11-13-6-8-15(23-5)9-7-13/h6-9,12H,10-11H2,1-5H3,(H,19,22). The second-order valence-corrected chi connectivity index (χ2v) is 7.61. The van der Waals surface area contributed by atoms with Crippen LogP contribution < -0.4 is 10.1 Å². The van der Waals surface area contributed by atoms with Crippen LogP contribution in [-0.2, 0) is 18.5 Å². The number of methoxy groups -OCH3 is 1. The van der Waals surface area contributed by atoms with Crippen molar-refractivity contribution in [3.05, 3.63) is 45.9 Å². The van der Waals surface area contributed by atoms with E-state index in [0.29, 0.717) is 13.1 Å². The van der Waals surface area contributed by atoms with Gasteiger partial charge in [0.25, 0.3) is 0 Å². The normalized spacial score (nSPS) is 11.2. The molecular formula is C18H25N3O2S. The van der Waals surface area contributed by atoms with Crippen molar-refractivity contribution in [1.29, 1.82) is 0 Å². The summed E-state index contributed by atoms with van der Waals surface area (Å²) in [6.45, 7) is 7.39. The summed E-state index contributed by atoms with van der Waals surface area (Å²) in [6, 6.07) is 7.59. The maximum absolute atomic E-state index is 12.2. The van der Waals surface area contributed by atoms with Crippen molar-refractivity contribution in [2.75, 3.05) is 14.2 Å². The first-order chi connectivity index (χ1) is 11.3. The summed E-state index contributed by atoms with van der Waals surface area (Å²) in [4.78, 5) is 18.5. The van der Waals surface area contributed by atoms with Gasteiger partial charge >= 0.3 is 6.03 Å². The number of nitrogens with zero attached hydrogens (tertiary/aromatic N) is 2. The minimum Gasteiger partial charge on any atom is -0.497 e. The van der Waals surface area contributed by atoms with Crippen LogP contribution in [0.15, 0.2) is 29.6 Å². The van der Waals surface area contributed by atoms with Gasteiger partial charge in [-0.15, -0.1) is 11.3 Å². The number of carbonyl (C=O) groups excluding carboxylic acids is 1. The van der Waals surface area contributed by atoms with E-state index in [1.165, 1.54) is 0 Å². The second-order valence-electron chi connectivity index (χ2n) is 6.76. The number of nitrogens with one attached hydrogen (secondary N) is 1. The first-order valence-corrected chi connectivity index (χ1v) is 8.74. The Morgan fingerprint density at radius 1 is 1.29 bits per heavy atom. The Morgan fingerprint density at radius 3 is 2.50 bits per heavy atom. The van der Waals surface area contributed by atoms with Crippen LogP contribution >= 0.6 is 11.3 Å². The lowest BCUT2D eigenvalue weighted by molar-refractivity contribution is 0.206. The Labute approximate surface area is 147 Å². The number of urea groups is 1. The van der Waals surface area contributed by atoms with Gasteiger partial charge in [-0.1, -0.05) is 32.9 Å². The van der Waals surface area contributed by atoms with E-state index in [1.807, 2.05) is 29.6 Å². The van der Waals surface area contributed by atoms with E-state index in [-0.39, 0.29) is 11.4 Å². The zero-order valence-corrected chi connectivity index (χ0v) is 15.7. The Hall–Kier alpha value is -2.08. The molecule has 2 amide bonds. The number of benzene rings is 1. The van der Waals surface area contributed by atoms with Crippen LogP contribution in [0.5, 0.6) is 5.75 Å². The summed E-state index contributed by atoms with van der Waals surface area (Å²) in [5.74, 6) is 0.809. The highest BCUT2D eigenvalue weighted by Gasteiger charge is 2.18. The Kier molecular flexibility index (Phi) is 5.83. The zero-order valence-electron chi connectivity index (χ0n) is 14.9. The summed E-state index contributed by atoms with van der Waals surface area (Å²) in [5.41, 5.74) is 1.99. The van der Waals surface area contributed by atoms with Crippen molar-refractivity contribution >= 4 is 17.4 Å². The lowest BCUT2D eigenvalue weighted by atomic mass is 9.98. The van der Waals surface area contributed by atoms with Crippen LogP contribution in [0.4, 0.5) is 4.79 Å². The highest BCUT2D eigenvalue weighted by molar-refractivity contribution is 7.09. The van der Waals surface area contributed by atoms with E-state index in [1.54, 1.807) is 30.4 Å². The molecule has 0 unspecified atom stereocenters. The molecule has 5 nitrogen and oxygen atoms in total. The van der Waals surface area contributed by atoms with Crippen LogP contribution in [-0.4, -0.2) is 30.1 Å². The predicted molar refractivity (Wildman–Crippen MR) is 97.5 cm³/mol. The molecule has 0 atom stereocenters. The van der Waals surface area contributed by atoms with Crippen LogP contribution in [0, 0.1) is 0 Å². The quantitative estimate of drug-likeness (QED) is 0.895. The van der Waals surface area contributed by atoms with Crippen molar-refractivity contribution in [1.82, 2.24) is 15.2 Å². The molecule has 0 aliphatic heterocycles. The minimum atomic E-state index is -0.115. The molecule has 1 aromatic carbocycles. The molecule has 1 N–H and O–H groups in total. The lowest BCUT2D eigenvalue weighted by Crippen LogP contribution is -2.36. The zero-order chi connectivity index (χ0) is 17.7. The van der Waals surface area contributed by atoms with Crippen molar-refractivity contribution in [3.63, 3.8) is 0 Å². The van der Waals surface area contributed by atoms with E-state index < -0.39 is 0 Å². The van der Waals surface area contributed by atoms with Gasteiger partial charge in [-0.25, -0.2) is 9.78 Å². The van der Waals surface area contributed by atoms with Crippen molar-refractivity contribution in [2.24, 2.45) is 0 Å². The molecule has 0 aliphatic rings. The first kappa shape index (κ1) is 18.3. The van der Waals surface area contributed by atoms with Gasteiger partial charge in [0.1, 0.15) is 5.75 Å². The molecular weight excluding hydrogens is 322 g/mol. The highest BCUT2D eigenvalue weighted by Crippen LogP contribution is 2.25. The number of amides is 2. The summed E-state index contributed by atoms with van der Waals surface area (Å²) >= 11 is 1.63. The highest BCUT2D eigenvalue weighted by atomic mass is 32.1. The third kappa shape index (κ3) is 4.96. The average Bonchev–Trinajstić information content (AvgIpc) is 3.02. The van der Waals surface area contributed by atoms with Gasteiger partial charge < -0.3 is 15.0 Å². The van der Waals surface area contributed by atoms with Crippen LogP contribution in [0.2, 0.25) is 0 Å². The number of hydrogen-bond acceptors (Lipinski definition) is 4. The number of hydrogen-bond donors (Lipinski definition) is 1.